The van der Waals surface area contributed by atoms with Crippen molar-refractivity contribution in [1.29, 1.82) is 0 Å². The predicted octanol–water partition coefficient (Wildman–Crippen LogP) is 2.04. The van der Waals surface area contributed by atoms with Crippen molar-refractivity contribution in [2.24, 2.45) is 5.92 Å². The average Bonchev–Trinajstić information content (AvgIpc) is 2.64. The van der Waals surface area contributed by atoms with Gasteiger partial charge in [-0.2, -0.15) is 0 Å². The zero-order valence-electron chi connectivity index (χ0n) is 13.9. The number of hydrogen-bond donors (Lipinski definition) is 2. The molecule has 2 aliphatic heterocycles. The van der Waals surface area contributed by atoms with Gasteiger partial charge in [0, 0.05) is 36.6 Å². The van der Waals surface area contributed by atoms with Gasteiger partial charge in [0.15, 0.2) is 0 Å². The van der Waals surface area contributed by atoms with Gasteiger partial charge in [0.05, 0.1) is 12.3 Å². The van der Waals surface area contributed by atoms with Crippen molar-refractivity contribution < 1.29 is 14.3 Å². The van der Waals surface area contributed by atoms with Gasteiger partial charge in [0.2, 0.25) is 5.91 Å². The summed E-state index contributed by atoms with van der Waals surface area (Å²) in [6.07, 6.45) is 0.981. The summed E-state index contributed by atoms with van der Waals surface area (Å²) >= 11 is 3.43. The first-order chi connectivity index (χ1) is 11.6. The molecule has 25 heavy (non-hydrogen) atoms. The molecule has 0 aromatic heterocycles. The van der Waals surface area contributed by atoms with Gasteiger partial charge in [0.1, 0.15) is 6.10 Å². The Bertz CT molecular complexity index is 603. The maximum atomic E-state index is 12.4. The van der Waals surface area contributed by atoms with Crippen molar-refractivity contribution >= 4 is 45.8 Å². The molecule has 2 aliphatic rings. The van der Waals surface area contributed by atoms with Crippen molar-refractivity contribution in [2.75, 3.05) is 38.1 Å². The summed E-state index contributed by atoms with van der Waals surface area (Å²) in [5.74, 6) is -0.0111. The molecule has 2 saturated heterocycles. The first kappa shape index (κ1) is 20.2. The van der Waals surface area contributed by atoms with Crippen LogP contribution < -0.4 is 10.6 Å². The summed E-state index contributed by atoms with van der Waals surface area (Å²) < 4.78 is 6.39. The van der Waals surface area contributed by atoms with Gasteiger partial charge >= 0.3 is 0 Å². The number of ether oxygens (including phenoxy) is 1. The minimum absolute atomic E-state index is 0. The zero-order valence-corrected chi connectivity index (χ0v) is 16.3. The first-order valence-corrected chi connectivity index (χ1v) is 9.11. The van der Waals surface area contributed by atoms with Crippen LogP contribution in [0.2, 0.25) is 0 Å². The summed E-state index contributed by atoms with van der Waals surface area (Å²) in [7, 11) is 0. The predicted molar refractivity (Wildman–Crippen MR) is 102 cm³/mol. The molecule has 1 atom stereocenters. The van der Waals surface area contributed by atoms with E-state index in [2.05, 4.69) is 26.6 Å². The normalized spacial score (nSPS) is 21.3. The number of carbonyl (C=O) groups excluding carboxylic acids is 2. The molecular weight excluding hydrogens is 410 g/mol. The van der Waals surface area contributed by atoms with E-state index in [1.54, 1.807) is 0 Å². The molecule has 0 aliphatic carbocycles. The third-order valence-electron chi connectivity index (χ3n) is 4.51. The molecule has 0 bridgehead atoms. The van der Waals surface area contributed by atoms with E-state index in [0.29, 0.717) is 39.1 Å². The fourth-order valence-electron chi connectivity index (χ4n) is 3.09. The summed E-state index contributed by atoms with van der Waals surface area (Å²) in [6.45, 7) is 3.14. The summed E-state index contributed by atoms with van der Waals surface area (Å²) in [5.41, 5.74) is 0.780. The number of likely N-dealkylation sites (tertiary alicyclic amines) is 1. The highest BCUT2D eigenvalue weighted by Gasteiger charge is 2.32. The Labute approximate surface area is 162 Å². The van der Waals surface area contributed by atoms with Crippen molar-refractivity contribution in [3.05, 3.63) is 28.7 Å². The number of morpholine rings is 1. The molecule has 1 aromatic carbocycles. The van der Waals surface area contributed by atoms with E-state index in [9.17, 15) is 9.59 Å². The Balaban J connectivity index is 0.00000225. The number of halogens is 2. The lowest BCUT2D eigenvalue weighted by Crippen LogP contribution is -2.51. The van der Waals surface area contributed by atoms with Gasteiger partial charge in [-0.3, -0.25) is 9.59 Å². The van der Waals surface area contributed by atoms with Gasteiger partial charge in [0.25, 0.3) is 5.91 Å². The van der Waals surface area contributed by atoms with Crippen LogP contribution in [0.15, 0.2) is 28.7 Å². The lowest BCUT2D eigenvalue weighted by atomic mass is 9.95. The maximum Gasteiger partial charge on any atom is 0.253 e. The van der Waals surface area contributed by atoms with Gasteiger partial charge in [-0.05, 0) is 40.9 Å². The SMILES string of the molecule is Cl.O=C(Nc1ccccc1Br)C1CCN(C(=O)C2CNCCO2)CC1. The fourth-order valence-corrected chi connectivity index (χ4v) is 3.47. The summed E-state index contributed by atoms with van der Waals surface area (Å²) in [6, 6.07) is 7.56. The smallest absolute Gasteiger partial charge is 0.253 e. The maximum absolute atomic E-state index is 12.4. The van der Waals surface area contributed by atoms with Crippen LogP contribution in [-0.2, 0) is 14.3 Å². The number of amides is 2. The van der Waals surface area contributed by atoms with E-state index in [4.69, 9.17) is 4.74 Å². The first-order valence-electron chi connectivity index (χ1n) is 8.31. The number of piperidine rings is 1. The van der Waals surface area contributed by atoms with Gasteiger partial charge in [-0.1, -0.05) is 12.1 Å². The molecule has 0 saturated carbocycles. The van der Waals surface area contributed by atoms with Gasteiger partial charge < -0.3 is 20.3 Å². The molecule has 6 nitrogen and oxygen atoms in total. The molecule has 0 radical (unpaired) electrons. The lowest BCUT2D eigenvalue weighted by molar-refractivity contribution is -0.147. The molecule has 2 fully saturated rings. The Morgan fingerprint density at radius 2 is 1.96 bits per heavy atom. The number of nitrogens with one attached hydrogen (secondary N) is 2. The molecule has 138 valence electrons. The average molecular weight is 433 g/mol. The monoisotopic (exact) mass is 431 g/mol. The van der Waals surface area contributed by atoms with Crippen LogP contribution in [-0.4, -0.2) is 55.6 Å². The second-order valence-corrected chi connectivity index (χ2v) is 6.99. The number of rotatable bonds is 3. The topological polar surface area (TPSA) is 70.7 Å². The van der Waals surface area contributed by atoms with Crippen molar-refractivity contribution in [2.45, 2.75) is 18.9 Å². The second kappa shape index (κ2) is 9.52. The standard InChI is InChI=1S/C17H22BrN3O3.ClH/c18-13-3-1-2-4-14(13)20-16(22)12-5-8-21(9-6-12)17(23)15-11-19-7-10-24-15;/h1-4,12,15,19H,5-11H2,(H,20,22);1H. The molecule has 2 amide bonds. The minimum atomic E-state index is -0.385. The Morgan fingerprint density at radius 3 is 2.60 bits per heavy atom. The summed E-state index contributed by atoms with van der Waals surface area (Å²) in [5, 5.41) is 6.14. The quantitative estimate of drug-likeness (QED) is 0.767. The number of benzene rings is 1. The van der Waals surface area contributed by atoms with Crippen LogP contribution in [0.25, 0.3) is 0 Å². The molecule has 2 N–H and O–H groups in total. The number of para-hydroxylation sites is 1. The highest BCUT2D eigenvalue weighted by Crippen LogP contribution is 2.24. The highest BCUT2D eigenvalue weighted by atomic mass is 79.9. The lowest BCUT2D eigenvalue weighted by Gasteiger charge is -2.34. The van der Waals surface area contributed by atoms with Crippen molar-refractivity contribution in [3.63, 3.8) is 0 Å². The fraction of sp³-hybridized carbons (Fsp3) is 0.529. The van der Waals surface area contributed by atoms with E-state index in [1.165, 1.54) is 0 Å². The minimum Gasteiger partial charge on any atom is -0.366 e. The van der Waals surface area contributed by atoms with Crippen molar-refractivity contribution in [1.82, 2.24) is 10.2 Å². The van der Waals surface area contributed by atoms with Crippen LogP contribution in [0, 0.1) is 5.92 Å². The highest BCUT2D eigenvalue weighted by molar-refractivity contribution is 9.10. The Kier molecular flexibility index (Phi) is 7.68. The zero-order chi connectivity index (χ0) is 16.9. The third kappa shape index (κ3) is 5.17. The molecular formula is C17H23BrClN3O3. The summed E-state index contributed by atoms with van der Waals surface area (Å²) in [4.78, 5) is 26.7. The third-order valence-corrected chi connectivity index (χ3v) is 5.20. The molecule has 1 aromatic rings. The number of anilines is 1. The van der Waals surface area contributed by atoms with Crippen LogP contribution >= 0.6 is 28.3 Å². The molecule has 8 heteroatoms. The van der Waals surface area contributed by atoms with E-state index in [0.717, 1.165) is 16.7 Å². The number of carbonyl (C=O) groups is 2. The van der Waals surface area contributed by atoms with E-state index < -0.39 is 0 Å². The van der Waals surface area contributed by atoms with Crippen LogP contribution in [0.1, 0.15) is 12.8 Å². The van der Waals surface area contributed by atoms with E-state index in [1.807, 2.05) is 29.2 Å². The molecule has 0 spiro atoms. The van der Waals surface area contributed by atoms with Crippen molar-refractivity contribution in [3.8, 4) is 0 Å². The van der Waals surface area contributed by atoms with Gasteiger partial charge in [-0.15, -0.1) is 12.4 Å². The number of nitrogens with zero attached hydrogens (tertiary/aromatic N) is 1. The second-order valence-electron chi connectivity index (χ2n) is 6.13. The van der Waals surface area contributed by atoms with E-state index in [-0.39, 0.29) is 36.2 Å². The molecule has 1 unspecified atom stereocenters. The van der Waals surface area contributed by atoms with Crippen LogP contribution in [0.4, 0.5) is 5.69 Å². The Hall–Kier alpha value is -1.15. The molecule has 2 heterocycles. The number of hydrogen-bond acceptors (Lipinski definition) is 4. The van der Waals surface area contributed by atoms with Gasteiger partial charge in [-0.25, -0.2) is 0 Å². The van der Waals surface area contributed by atoms with E-state index >= 15 is 0 Å². The van der Waals surface area contributed by atoms with Crippen LogP contribution in [0.3, 0.4) is 0 Å². The Morgan fingerprint density at radius 1 is 1.24 bits per heavy atom. The van der Waals surface area contributed by atoms with Crippen LogP contribution in [0.5, 0.6) is 0 Å². The molecule has 3 rings (SSSR count). The largest absolute Gasteiger partial charge is 0.366 e.